The van der Waals surface area contributed by atoms with Crippen LogP contribution in [-0.2, 0) is 6.42 Å². The van der Waals surface area contributed by atoms with Gasteiger partial charge in [0.2, 0.25) is 0 Å². The molecule has 4 heteroatoms. The topological polar surface area (TPSA) is 41.6 Å². The highest BCUT2D eigenvalue weighted by Gasteiger charge is 2.18. The predicted molar refractivity (Wildman–Crippen MR) is 111 cm³/mol. The molecular formula is C23H30N2O2. The molecule has 2 aromatic carbocycles. The summed E-state index contributed by atoms with van der Waals surface area (Å²) < 4.78 is 5.47. The van der Waals surface area contributed by atoms with E-state index in [-0.39, 0.29) is 5.91 Å². The minimum Gasteiger partial charge on any atom is -0.496 e. The molecule has 2 aromatic rings. The minimum absolute atomic E-state index is 0.00104. The molecule has 1 N–H and O–H groups in total. The van der Waals surface area contributed by atoms with Crippen molar-refractivity contribution in [2.45, 2.75) is 39.5 Å². The molecule has 1 aliphatic rings. The van der Waals surface area contributed by atoms with E-state index in [9.17, 15) is 4.79 Å². The number of fused-ring (bicyclic) bond motifs is 1. The van der Waals surface area contributed by atoms with Crippen LogP contribution in [0.3, 0.4) is 0 Å². The molecule has 144 valence electrons. The largest absolute Gasteiger partial charge is 0.496 e. The number of aryl methyl sites for hydroxylation is 1. The van der Waals surface area contributed by atoms with E-state index >= 15 is 0 Å². The number of nitrogens with zero attached hydrogens (tertiary/aromatic N) is 1. The van der Waals surface area contributed by atoms with Crippen molar-refractivity contribution in [3.63, 3.8) is 0 Å². The van der Waals surface area contributed by atoms with E-state index in [0.717, 1.165) is 48.4 Å². The molecule has 0 bridgehead atoms. The van der Waals surface area contributed by atoms with Crippen molar-refractivity contribution in [3.05, 3.63) is 58.7 Å². The number of hydrogen-bond donors (Lipinski definition) is 1. The number of ether oxygens (including phenoxy) is 1. The first-order valence-electron chi connectivity index (χ1n) is 9.81. The molecule has 0 aliphatic carbocycles. The molecule has 0 radical (unpaired) electrons. The lowest BCUT2D eigenvalue weighted by atomic mass is 9.96. The van der Waals surface area contributed by atoms with Gasteiger partial charge in [-0.15, -0.1) is 0 Å². The lowest BCUT2D eigenvalue weighted by Gasteiger charge is -2.19. The summed E-state index contributed by atoms with van der Waals surface area (Å²) in [6.07, 6.45) is 2.05. The van der Waals surface area contributed by atoms with Crippen LogP contribution in [0.1, 0.15) is 53.2 Å². The van der Waals surface area contributed by atoms with Crippen molar-refractivity contribution in [2.75, 3.05) is 31.6 Å². The third-order valence-electron chi connectivity index (χ3n) is 5.32. The number of rotatable bonds is 7. The summed E-state index contributed by atoms with van der Waals surface area (Å²) in [6, 6.07) is 12.5. The van der Waals surface area contributed by atoms with Gasteiger partial charge in [0.25, 0.3) is 5.91 Å². The maximum absolute atomic E-state index is 12.7. The van der Waals surface area contributed by atoms with E-state index < -0.39 is 0 Å². The molecule has 3 rings (SSSR count). The number of hydrogen-bond acceptors (Lipinski definition) is 3. The SMILES string of the molecule is COc1cc(C)c(C(=O)NCCCN2CCc3ccccc32)cc1C(C)C. The second-order valence-electron chi connectivity index (χ2n) is 7.54. The smallest absolute Gasteiger partial charge is 0.251 e. The van der Waals surface area contributed by atoms with Crippen molar-refractivity contribution in [1.82, 2.24) is 5.32 Å². The highest BCUT2D eigenvalue weighted by Crippen LogP contribution is 2.30. The van der Waals surface area contributed by atoms with Crippen molar-refractivity contribution in [3.8, 4) is 5.75 Å². The summed E-state index contributed by atoms with van der Waals surface area (Å²) in [7, 11) is 1.68. The van der Waals surface area contributed by atoms with E-state index in [1.165, 1.54) is 11.3 Å². The Balaban J connectivity index is 1.56. The van der Waals surface area contributed by atoms with Gasteiger partial charge in [0, 0.05) is 30.9 Å². The Morgan fingerprint density at radius 3 is 2.78 bits per heavy atom. The highest BCUT2D eigenvalue weighted by molar-refractivity contribution is 5.96. The number of carbonyl (C=O) groups excluding carboxylic acids is 1. The fourth-order valence-electron chi connectivity index (χ4n) is 3.78. The number of benzene rings is 2. The van der Waals surface area contributed by atoms with Gasteiger partial charge in [0.05, 0.1) is 7.11 Å². The molecule has 27 heavy (non-hydrogen) atoms. The quantitative estimate of drug-likeness (QED) is 0.743. The lowest BCUT2D eigenvalue weighted by Crippen LogP contribution is -2.29. The minimum atomic E-state index is -0.00104. The van der Waals surface area contributed by atoms with Gasteiger partial charge in [-0.3, -0.25) is 4.79 Å². The van der Waals surface area contributed by atoms with E-state index in [1.54, 1.807) is 7.11 Å². The van der Waals surface area contributed by atoms with E-state index in [4.69, 9.17) is 4.74 Å². The Kier molecular flexibility index (Phi) is 6.04. The molecule has 0 spiro atoms. The van der Waals surface area contributed by atoms with Crippen LogP contribution in [0.25, 0.3) is 0 Å². The molecule has 0 saturated carbocycles. The van der Waals surface area contributed by atoms with Gasteiger partial charge in [0.1, 0.15) is 5.75 Å². The van der Waals surface area contributed by atoms with Gasteiger partial charge in [-0.2, -0.15) is 0 Å². The standard InChI is InChI=1S/C23H30N2O2/c1-16(2)19-15-20(17(3)14-22(19)27-4)23(26)24-11-7-12-25-13-10-18-8-5-6-9-21(18)25/h5-6,8-9,14-16H,7,10-13H2,1-4H3,(H,24,26). The Morgan fingerprint density at radius 2 is 2.04 bits per heavy atom. The van der Waals surface area contributed by atoms with Crippen LogP contribution < -0.4 is 15.0 Å². The van der Waals surface area contributed by atoms with Crippen LogP contribution in [-0.4, -0.2) is 32.7 Å². The third-order valence-corrected chi connectivity index (χ3v) is 5.32. The van der Waals surface area contributed by atoms with E-state index in [1.807, 2.05) is 19.1 Å². The van der Waals surface area contributed by atoms with Crippen molar-refractivity contribution in [2.24, 2.45) is 0 Å². The summed E-state index contributed by atoms with van der Waals surface area (Å²) in [5, 5.41) is 3.08. The summed E-state index contributed by atoms with van der Waals surface area (Å²) in [4.78, 5) is 15.1. The maximum Gasteiger partial charge on any atom is 0.251 e. The zero-order chi connectivity index (χ0) is 19.4. The summed E-state index contributed by atoms with van der Waals surface area (Å²) in [6.45, 7) is 8.91. The number of anilines is 1. The molecule has 4 nitrogen and oxygen atoms in total. The fourth-order valence-corrected chi connectivity index (χ4v) is 3.78. The van der Waals surface area contributed by atoms with Crippen LogP contribution in [0, 0.1) is 6.92 Å². The summed E-state index contributed by atoms with van der Waals surface area (Å²) >= 11 is 0. The normalized spacial score (nSPS) is 13.0. The first-order chi connectivity index (χ1) is 13.0. The Bertz CT molecular complexity index is 814. The molecule has 0 atom stereocenters. The van der Waals surface area contributed by atoms with Crippen LogP contribution in [0.2, 0.25) is 0 Å². The van der Waals surface area contributed by atoms with E-state index in [0.29, 0.717) is 12.5 Å². The zero-order valence-electron chi connectivity index (χ0n) is 16.8. The lowest BCUT2D eigenvalue weighted by molar-refractivity contribution is 0.0952. The molecule has 0 unspecified atom stereocenters. The summed E-state index contributed by atoms with van der Waals surface area (Å²) in [5.41, 5.74) is 5.53. The van der Waals surface area contributed by atoms with Crippen molar-refractivity contribution < 1.29 is 9.53 Å². The Morgan fingerprint density at radius 1 is 1.26 bits per heavy atom. The van der Waals surface area contributed by atoms with Crippen LogP contribution in [0.4, 0.5) is 5.69 Å². The average Bonchev–Trinajstić information content (AvgIpc) is 3.07. The third kappa shape index (κ3) is 4.26. The van der Waals surface area contributed by atoms with Crippen LogP contribution in [0.5, 0.6) is 5.75 Å². The number of amides is 1. The molecule has 1 aliphatic heterocycles. The predicted octanol–water partition coefficient (Wildman–Crippen LogP) is 4.31. The van der Waals surface area contributed by atoms with Gasteiger partial charge < -0.3 is 15.0 Å². The molecule has 0 saturated heterocycles. The molecule has 1 amide bonds. The van der Waals surface area contributed by atoms with Crippen LogP contribution in [0.15, 0.2) is 36.4 Å². The van der Waals surface area contributed by atoms with Gasteiger partial charge in [0.15, 0.2) is 0 Å². The van der Waals surface area contributed by atoms with Gasteiger partial charge in [-0.25, -0.2) is 0 Å². The second-order valence-corrected chi connectivity index (χ2v) is 7.54. The van der Waals surface area contributed by atoms with Crippen molar-refractivity contribution in [1.29, 1.82) is 0 Å². The van der Waals surface area contributed by atoms with Gasteiger partial charge >= 0.3 is 0 Å². The van der Waals surface area contributed by atoms with Gasteiger partial charge in [-0.05, 0) is 60.6 Å². The Labute approximate surface area is 162 Å². The van der Waals surface area contributed by atoms with Crippen molar-refractivity contribution >= 4 is 11.6 Å². The number of para-hydroxylation sites is 1. The molecule has 0 fully saturated rings. The monoisotopic (exact) mass is 366 g/mol. The first-order valence-corrected chi connectivity index (χ1v) is 9.81. The highest BCUT2D eigenvalue weighted by atomic mass is 16.5. The summed E-state index contributed by atoms with van der Waals surface area (Å²) in [5.74, 6) is 1.16. The second kappa shape index (κ2) is 8.47. The zero-order valence-corrected chi connectivity index (χ0v) is 16.8. The average molecular weight is 367 g/mol. The number of carbonyl (C=O) groups is 1. The molecular weight excluding hydrogens is 336 g/mol. The Hall–Kier alpha value is -2.49. The number of methoxy groups -OCH3 is 1. The maximum atomic E-state index is 12.7. The number of nitrogens with one attached hydrogen (secondary N) is 1. The molecule has 0 aromatic heterocycles. The molecule has 1 heterocycles. The van der Waals surface area contributed by atoms with E-state index in [2.05, 4.69) is 48.3 Å². The fraction of sp³-hybridized carbons (Fsp3) is 0.435. The first kappa shape index (κ1) is 19.3. The van der Waals surface area contributed by atoms with Crippen LogP contribution >= 0.6 is 0 Å². The van der Waals surface area contributed by atoms with Gasteiger partial charge in [-0.1, -0.05) is 32.0 Å².